The minimum Gasteiger partial charge on any atom is -0.486 e. The van der Waals surface area contributed by atoms with Crippen molar-refractivity contribution in [3.8, 4) is 11.5 Å². The predicted octanol–water partition coefficient (Wildman–Crippen LogP) is 2.37. The van der Waals surface area contributed by atoms with Crippen LogP contribution < -0.4 is 25.0 Å². The van der Waals surface area contributed by atoms with Crippen LogP contribution >= 0.6 is 0 Å². The molecule has 0 saturated carbocycles. The van der Waals surface area contributed by atoms with Crippen molar-refractivity contribution in [3.05, 3.63) is 18.2 Å². The van der Waals surface area contributed by atoms with Gasteiger partial charge in [0, 0.05) is 30.8 Å². The maximum Gasteiger partial charge on any atom is 0.315 e. The van der Waals surface area contributed by atoms with Gasteiger partial charge >= 0.3 is 6.03 Å². The fourth-order valence-electron chi connectivity index (χ4n) is 3.94. The van der Waals surface area contributed by atoms with E-state index >= 15 is 0 Å². The fourth-order valence-corrected chi connectivity index (χ4v) is 3.94. The summed E-state index contributed by atoms with van der Waals surface area (Å²) in [5.41, 5.74) is 0.763. The summed E-state index contributed by atoms with van der Waals surface area (Å²) in [6, 6.07) is 5.16. The second-order valence-electron chi connectivity index (χ2n) is 7.92. The Bertz CT molecular complexity index is 738. The third-order valence-electron chi connectivity index (χ3n) is 5.68. The highest BCUT2D eigenvalue weighted by Crippen LogP contribution is 2.35. The van der Waals surface area contributed by atoms with E-state index in [2.05, 4.69) is 29.4 Å². The number of fused-ring (bicyclic) bond motifs is 1. The van der Waals surface area contributed by atoms with Gasteiger partial charge in [-0.1, -0.05) is 13.8 Å². The van der Waals surface area contributed by atoms with Crippen LogP contribution in [0.1, 0.15) is 40.0 Å². The van der Waals surface area contributed by atoms with Crippen molar-refractivity contribution in [2.24, 2.45) is 0 Å². The van der Waals surface area contributed by atoms with Crippen molar-refractivity contribution in [2.45, 2.75) is 52.1 Å². The van der Waals surface area contributed by atoms with Gasteiger partial charge in [-0.25, -0.2) is 4.79 Å². The molecule has 0 aromatic heterocycles. The predicted molar refractivity (Wildman–Crippen MR) is 116 cm³/mol. The summed E-state index contributed by atoms with van der Waals surface area (Å²) in [5, 5.41) is 5.94. The van der Waals surface area contributed by atoms with Crippen LogP contribution in [0.3, 0.4) is 0 Å². The zero-order valence-corrected chi connectivity index (χ0v) is 18.3. The van der Waals surface area contributed by atoms with E-state index in [1.165, 1.54) is 0 Å². The van der Waals surface area contributed by atoms with E-state index < -0.39 is 0 Å². The van der Waals surface area contributed by atoms with Gasteiger partial charge in [0.2, 0.25) is 5.91 Å². The highest BCUT2D eigenvalue weighted by Gasteiger charge is 2.32. The van der Waals surface area contributed by atoms with Gasteiger partial charge in [0.15, 0.2) is 11.5 Å². The number of carbonyl (C=O) groups is 2. The fraction of sp³-hybridized carbons (Fsp3) is 0.636. The van der Waals surface area contributed by atoms with Crippen LogP contribution in [0.2, 0.25) is 0 Å². The Balaban J connectivity index is 1.45. The first-order valence-corrected chi connectivity index (χ1v) is 11.0. The summed E-state index contributed by atoms with van der Waals surface area (Å²) >= 11 is 0. The minimum absolute atomic E-state index is 0.00995. The molecule has 0 bridgehead atoms. The van der Waals surface area contributed by atoms with Crippen LogP contribution in [0, 0.1) is 0 Å². The van der Waals surface area contributed by atoms with Gasteiger partial charge in [-0.3, -0.25) is 4.79 Å². The summed E-state index contributed by atoms with van der Waals surface area (Å²) in [7, 11) is 0. The summed E-state index contributed by atoms with van der Waals surface area (Å²) < 4.78 is 11.1. The summed E-state index contributed by atoms with van der Waals surface area (Å²) in [4.78, 5) is 28.9. The van der Waals surface area contributed by atoms with E-state index in [0.717, 1.165) is 38.2 Å². The highest BCUT2D eigenvalue weighted by molar-refractivity contribution is 5.97. The number of amides is 3. The third-order valence-corrected chi connectivity index (χ3v) is 5.68. The van der Waals surface area contributed by atoms with Crippen molar-refractivity contribution >= 4 is 17.6 Å². The molecule has 2 aliphatic rings. The summed E-state index contributed by atoms with van der Waals surface area (Å²) in [6.45, 7) is 11.0. The van der Waals surface area contributed by atoms with E-state index in [1.807, 2.05) is 25.1 Å². The first-order chi connectivity index (χ1) is 14.5. The number of ether oxygens (including phenoxy) is 2. The number of nitrogens with one attached hydrogen (secondary N) is 2. The molecule has 2 atom stereocenters. The number of anilines is 1. The van der Waals surface area contributed by atoms with Crippen molar-refractivity contribution in [1.29, 1.82) is 0 Å². The average molecular weight is 419 g/mol. The molecule has 1 aromatic carbocycles. The first kappa shape index (κ1) is 22.2. The van der Waals surface area contributed by atoms with Crippen molar-refractivity contribution in [2.75, 3.05) is 44.3 Å². The molecule has 1 aromatic rings. The lowest BCUT2D eigenvalue weighted by atomic mass is 10.2. The number of carbonyl (C=O) groups excluding carboxylic acids is 2. The zero-order chi connectivity index (χ0) is 21.5. The van der Waals surface area contributed by atoms with Gasteiger partial charge in [-0.15, -0.1) is 0 Å². The number of hydrogen-bond donors (Lipinski definition) is 2. The topological polar surface area (TPSA) is 83.1 Å². The normalized spacial score (nSPS) is 19.1. The molecule has 0 radical (unpaired) electrons. The van der Waals surface area contributed by atoms with Crippen LogP contribution in [-0.4, -0.2) is 68.3 Å². The number of benzene rings is 1. The molecular weight excluding hydrogens is 384 g/mol. The minimum atomic E-state index is -0.216. The Labute approximate surface area is 178 Å². The van der Waals surface area contributed by atoms with Gasteiger partial charge in [0.05, 0.1) is 6.04 Å². The van der Waals surface area contributed by atoms with Crippen LogP contribution in [0.5, 0.6) is 11.5 Å². The number of hydrogen-bond acceptors (Lipinski definition) is 5. The van der Waals surface area contributed by atoms with E-state index in [9.17, 15) is 9.59 Å². The van der Waals surface area contributed by atoms with E-state index in [4.69, 9.17) is 9.47 Å². The summed E-state index contributed by atoms with van der Waals surface area (Å²) in [6.07, 6.45) is 2.26. The quantitative estimate of drug-likeness (QED) is 0.643. The van der Waals surface area contributed by atoms with Crippen LogP contribution in [0.15, 0.2) is 18.2 Å². The molecule has 2 unspecified atom stereocenters. The Morgan fingerprint density at radius 2 is 1.97 bits per heavy atom. The highest BCUT2D eigenvalue weighted by atomic mass is 16.6. The van der Waals surface area contributed by atoms with Gasteiger partial charge in [0.1, 0.15) is 13.2 Å². The average Bonchev–Trinajstić information content (AvgIpc) is 3.10. The Hall–Kier alpha value is -2.48. The molecule has 3 amide bonds. The van der Waals surface area contributed by atoms with E-state index in [-0.39, 0.29) is 30.4 Å². The van der Waals surface area contributed by atoms with Crippen molar-refractivity contribution in [1.82, 2.24) is 15.5 Å². The Morgan fingerprint density at radius 3 is 2.70 bits per heavy atom. The largest absolute Gasteiger partial charge is 0.486 e. The van der Waals surface area contributed by atoms with Gasteiger partial charge in [-0.2, -0.15) is 0 Å². The smallest absolute Gasteiger partial charge is 0.315 e. The summed E-state index contributed by atoms with van der Waals surface area (Å²) in [5.74, 6) is 1.34. The SMILES string of the molecule is CCN(CC)CCCC(C)NC(=O)NC1CC(=O)N(c2ccc3c(c2)OCCO3)C1. The first-order valence-electron chi connectivity index (χ1n) is 11.0. The maximum absolute atomic E-state index is 12.5. The zero-order valence-electron chi connectivity index (χ0n) is 18.3. The molecule has 8 heteroatoms. The molecule has 8 nitrogen and oxygen atoms in total. The van der Waals surface area contributed by atoms with Gasteiger partial charge in [0.25, 0.3) is 0 Å². The number of nitrogens with zero attached hydrogens (tertiary/aromatic N) is 2. The molecule has 30 heavy (non-hydrogen) atoms. The molecule has 2 N–H and O–H groups in total. The monoisotopic (exact) mass is 418 g/mol. The number of rotatable bonds is 9. The Kier molecular flexibility index (Phi) is 7.79. The van der Waals surface area contributed by atoms with Crippen LogP contribution in [0.25, 0.3) is 0 Å². The molecule has 1 fully saturated rings. The van der Waals surface area contributed by atoms with Crippen LogP contribution in [-0.2, 0) is 4.79 Å². The molecule has 1 saturated heterocycles. The molecule has 3 rings (SSSR count). The lowest BCUT2D eigenvalue weighted by Gasteiger charge is -2.22. The van der Waals surface area contributed by atoms with E-state index in [0.29, 0.717) is 31.3 Å². The lowest BCUT2D eigenvalue weighted by molar-refractivity contribution is -0.117. The molecule has 166 valence electrons. The van der Waals surface area contributed by atoms with Gasteiger partial charge in [-0.05, 0) is 51.5 Å². The number of urea groups is 1. The van der Waals surface area contributed by atoms with E-state index in [1.54, 1.807) is 4.90 Å². The molecule has 2 heterocycles. The molecule has 0 aliphatic carbocycles. The molecular formula is C22H34N4O4. The molecule has 0 spiro atoms. The van der Waals surface area contributed by atoms with Gasteiger partial charge < -0.3 is 29.9 Å². The second-order valence-corrected chi connectivity index (χ2v) is 7.92. The van der Waals surface area contributed by atoms with Crippen molar-refractivity contribution < 1.29 is 19.1 Å². The van der Waals surface area contributed by atoms with Crippen molar-refractivity contribution in [3.63, 3.8) is 0 Å². The lowest BCUT2D eigenvalue weighted by Crippen LogP contribution is -2.46. The second kappa shape index (κ2) is 10.5. The molecule has 2 aliphatic heterocycles. The Morgan fingerprint density at radius 1 is 1.23 bits per heavy atom. The standard InChI is InChI=1S/C22H34N4O4/c1-4-25(5-2)10-6-7-16(3)23-22(28)24-17-13-21(27)26(15-17)18-8-9-19-20(14-18)30-12-11-29-19/h8-9,14,16-17H,4-7,10-13,15H2,1-3H3,(H2,23,24,28). The van der Waals surface area contributed by atoms with Crippen LogP contribution in [0.4, 0.5) is 10.5 Å². The third kappa shape index (κ3) is 5.78. The maximum atomic E-state index is 12.5.